The van der Waals surface area contributed by atoms with Crippen molar-refractivity contribution in [3.63, 3.8) is 0 Å². The standard InChI is InChI=1S/C22H27BrN2O5/c1-6-7-13-28-17-16(20(26)29-15-11-9-8-10-12-15)14(2)18(23)24-19(17)25-21(27)30-22(3,4)5/h8-12H,6-7,13H2,1-5H3,(H,24,25,27). The van der Waals surface area contributed by atoms with E-state index in [-0.39, 0.29) is 17.1 Å². The lowest BCUT2D eigenvalue weighted by atomic mass is 10.1. The fourth-order valence-corrected chi connectivity index (χ4v) is 2.84. The molecule has 1 aromatic heterocycles. The maximum atomic E-state index is 13.0. The molecule has 162 valence electrons. The van der Waals surface area contributed by atoms with E-state index in [2.05, 4.69) is 26.2 Å². The Morgan fingerprint density at radius 2 is 1.83 bits per heavy atom. The van der Waals surface area contributed by atoms with Crippen LogP contribution in [0, 0.1) is 6.92 Å². The van der Waals surface area contributed by atoms with Crippen LogP contribution in [0.3, 0.4) is 0 Å². The number of pyridine rings is 1. The highest BCUT2D eigenvalue weighted by Gasteiger charge is 2.27. The van der Waals surface area contributed by atoms with E-state index >= 15 is 0 Å². The zero-order chi connectivity index (χ0) is 22.3. The SMILES string of the molecule is CCCCOc1c(NC(=O)OC(C)(C)C)nc(Br)c(C)c1C(=O)Oc1ccccc1. The molecule has 0 spiro atoms. The molecule has 7 nitrogen and oxygen atoms in total. The Hall–Kier alpha value is -2.61. The van der Waals surface area contributed by atoms with Crippen molar-refractivity contribution in [3.8, 4) is 11.5 Å². The number of carbonyl (C=O) groups excluding carboxylic acids is 2. The van der Waals surface area contributed by atoms with Gasteiger partial charge in [0.1, 0.15) is 21.5 Å². The average Bonchev–Trinajstić information content (AvgIpc) is 2.65. The van der Waals surface area contributed by atoms with Crippen LogP contribution in [-0.4, -0.2) is 29.3 Å². The number of carbonyl (C=O) groups is 2. The van der Waals surface area contributed by atoms with Crippen LogP contribution in [0.1, 0.15) is 56.5 Å². The highest BCUT2D eigenvalue weighted by atomic mass is 79.9. The van der Waals surface area contributed by atoms with Crippen LogP contribution in [0.2, 0.25) is 0 Å². The van der Waals surface area contributed by atoms with Crippen LogP contribution in [0.25, 0.3) is 0 Å². The molecular weight excluding hydrogens is 452 g/mol. The summed E-state index contributed by atoms with van der Waals surface area (Å²) in [5.74, 6) is 0.0188. The van der Waals surface area contributed by atoms with Gasteiger partial charge in [-0.2, -0.15) is 0 Å². The molecule has 1 aromatic carbocycles. The van der Waals surface area contributed by atoms with Crippen molar-refractivity contribution >= 4 is 33.8 Å². The van der Waals surface area contributed by atoms with Crippen molar-refractivity contribution in [2.45, 2.75) is 53.1 Å². The third-order valence-electron chi connectivity index (χ3n) is 3.86. The van der Waals surface area contributed by atoms with Crippen LogP contribution in [0.5, 0.6) is 11.5 Å². The Kier molecular flexibility index (Phi) is 8.23. The lowest BCUT2D eigenvalue weighted by Gasteiger charge is -2.21. The second-order valence-electron chi connectivity index (χ2n) is 7.61. The molecule has 1 N–H and O–H groups in total. The number of aromatic nitrogens is 1. The summed E-state index contributed by atoms with van der Waals surface area (Å²) in [6, 6.07) is 8.73. The van der Waals surface area contributed by atoms with Crippen LogP contribution >= 0.6 is 15.9 Å². The van der Waals surface area contributed by atoms with Gasteiger partial charge in [-0.25, -0.2) is 14.6 Å². The van der Waals surface area contributed by atoms with E-state index in [9.17, 15) is 9.59 Å². The number of rotatable bonds is 7. The molecule has 0 aliphatic carbocycles. The second kappa shape index (κ2) is 10.4. The van der Waals surface area contributed by atoms with Crippen molar-refractivity contribution in [2.75, 3.05) is 11.9 Å². The Balaban J connectivity index is 2.45. The average molecular weight is 479 g/mol. The number of nitrogens with zero attached hydrogens (tertiary/aromatic N) is 1. The molecular formula is C22H27BrN2O5. The number of esters is 1. The molecule has 0 radical (unpaired) electrons. The molecule has 0 aliphatic rings. The number of anilines is 1. The summed E-state index contributed by atoms with van der Waals surface area (Å²) in [5, 5.41) is 2.59. The minimum Gasteiger partial charge on any atom is -0.489 e. The molecule has 2 rings (SSSR count). The number of nitrogens with one attached hydrogen (secondary N) is 1. The van der Waals surface area contributed by atoms with Gasteiger partial charge >= 0.3 is 12.1 Å². The predicted molar refractivity (Wildman–Crippen MR) is 118 cm³/mol. The molecule has 8 heteroatoms. The number of halogens is 1. The zero-order valence-corrected chi connectivity index (χ0v) is 19.5. The van der Waals surface area contributed by atoms with Gasteiger partial charge in [0, 0.05) is 5.56 Å². The summed E-state index contributed by atoms with van der Waals surface area (Å²) in [7, 11) is 0. The lowest BCUT2D eigenvalue weighted by Crippen LogP contribution is -2.28. The van der Waals surface area contributed by atoms with Gasteiger partial charge in [-0.1, -0.05) is 31.5 Å². The number of benzene rings is 1. The molecule has 0 unspecified atom stereocenters. The van der Waals surface area contributed by atoms with Gasteiger partial charge in [0.2, 0.25) is 0 Å². The van der Waals surface area contributed by atoms with Crippen LogP contribution in [0.4, 0.5) is 10.6 Å². The molecule has 30 heavy (non-hydrogen) atoms. The van der Waals surface area contributed by atoms with Gasteiger partial charge in [0.15, 0.2) is 11.6 Å². The van der Waals surface area contributed by atoms with Gasteiger partial charge in [0.05, 0.1) is 6.61 Å². The number of unbranched alkanes of at least 4 members (excludes halogenated alkanes) is 1. The molecule has 2 aromatic rings. The third-order valence-corrected chi connectivity index (χ3v) is 4.63. The second-order valence-corrected chi connectivity index (χ2v) is 8.36. The smallest absolute Gasteiger partial charge is 0.413 e. The van der Waals surface area contributed by atoms with E-state index in [4.69, 9.17) is 14.2 Å². The van der Waals surface area contributed by atoms with Crippen molar-refractivity contribution in [3.05, 3.63) is 46.1 Å². The highest BCUT2D eigenvalue weighted by Crippen LogP contribution is 2.35. The molecule has 1 amide bonds. The van der Waals surface area contributed by atoms with Crippen LogP contribution < -0.4 is 14.8 Å². The van der Waals surface area contributed by atoms with E-state index in [0.717, 1.165) is 12.8 Å². The van der Waals surface area contributed by atoms with E-state index in [1.54, 1.807) is 52.0 Å². The first-order chi connectivity index (χ1) is 14.1. The minimum atomic E-state index is -0.700. The number of ether oxygens (including phenoxy) is 3. The molecule has 0 aliphatic heterocycles. The lowest BCUT2D eigenvalue weighted by molar-refractivity contribution is 0.0632. The predicted octanol–water partition coefficient (Wildman–Crippen LogP) is 5.90. The summed E-state index contributed by atoms with van der Waals surface area (Å²) in [4.78, 5) is 29.7. The van der Waals surface area contributed by atoms with Gasteiger partial charge in [-0.3, -0.25) is 5.32 Å². The Morgan fingerprint density at radius 1 is 1.17 bits per heavy atom. The van der Waals surface area contributed by atoms with Crippen molar-refractivity contribution in [1.29, 1.82) is 0 Å². The molecule has 0 atom stereocenters. The van der Waals surface area contributed by atoms with Crippen molar-refractivity contribution < 1.29 is 23.8 Å². The Bertz CT molecular complexity index is 895. The largest absolute Gasteiger partial charge is 0.489 e. The number of hydrogen-bond donors (Lipinski definition) is 1. The third kappa shape index (κ3) is 6.73. The number of para-hydroxylation sites is 1. The van der Waals surface area contributed by atoms with Crippen LogP contribution in [0.15, 0.2) is 34.9 Å². The summed E-state index contributed by atoms with van der Waals surface area (Å²) in [6.07, 6.45) is 0.976. The maximum Gasteiger partial charge on any atom is 0.413 e. The molecule has 0 saturated heterocycles. The monoisotopic (exact) mass is 478 g/mol. The normalized spacial score (nSPS) is 11.0. The molecule has 0 bridgehead atoms. The van der Waals surface area contributed by atoms with Gasteiger partial charge < -0.3 is 14.2 Å². The quantitative estimate of drug-likeness (QED) is 0.230. The minimum absolute atomic E-state index is 0.0813. The van der Waals surface area contributed by atoms with E-state index in [1.807, 2.05) is 13.0 Å². The first-order valence-corrected chi connectivity index (χ1v) is 10.5. The van der Waals surface area contributed by atoms with E-state index in [0.29, 0.717) is 22.5 Å². The number of amides is 1. The summed E-state index contributed by atoms with van der Waals surface area (Å²) < 4.78 is 17.1. The first-order valence-electron chi connectivity index (χ1n) is 9.72. The summed E-state index contributed by atoms with van der Waals surface area (Å²) in [5.41, 5.74) is 0.0321. The Morgan fingerprint density at radius 3 is 2.43 bits per heavy atom. The molecule has 1 heterocycles. The summed E-state index contributed by atoms with van der Waals surface area (Å²) in [6.45, 7) is 9.38. The molecule has 0 fully saturated rings. The zero-order valence-electron chi connectivity index (χ0n) is 17.9. The van der Waals surface area contributed by atoms with Gasteiger partial charge in [-0.05, 0) is 62.2 Å². The first kappa shape index (κ1) is 23.7. The van der Waals surface area contributed by atoms with Gasteiger partial charge in [-0.15, -0.1) is 0 Å². The highest BCUT2D eigenvalue weighted by molar-refractivity contribution is 9.10. The van der Waals surface area contributed by atoms with Crippen LogP contribution in [-0.2, 0) is 4.74 Å². The van der Waals surface area contributed by atoms with Gasteiger partial charge in [0.25, 0.3) is 0 Å². The maximum absolute atomic E-state index is 13.0. The number of hydrogen-bond acceptors (Lipinski definition) is 6. The topological polar surface area (TPSA) is 86.8 Å². The fourth-order valence-electron chi connectivity index (χ4n) is 2.46. The fraction of sp³-hybridized carbons (Fsp3) is 0.409. The van der Waals surface area contributed by atoms with Crippen molar-refractivity contribution in [1.82, 2.24) is 4.98 Å². The Labute approximate surface area is 185 Å². The molecule has 0 saturated carbocycles. The van der Waals surface area contributed by atoms with Crippen molar-refractivity contribution in [2.24, 2.45) is 0 Å². The van der Waals surface area contributed by atoms with E-state index in [1.165, 1.54) is 0 Å². The summed E-state index contributed by atoms with van der Waals surface area (Å²) >= 11 is 3.35. The van der Waals surface area contributed by atoms with E-state index < -0.39 is 17.7 Å².